The fourth-order valence-electron chi connectivity index (χ4n) is 0.633. The van der Waals surface area contributed by atoms with E-state index in [9.17, 15) is 4.79 Å². The smallest absolute Gasteiger partial charge is 0.331 e. The number of carboxylic acids is 1. The van der Waals surface area contributed by atoms with Gasteiger partial charge >= 0.3 is 5.97 Å². The maximum atomic E-state index is 9.99. The topological polar surface area (TPSA) is 57.5 Å². The Labute approximate surface area is 71.1 Å². The molecule has 4 heteroatoms. The lowest BCUT2D eigenvalue weighted by Gasteiger charge is -1.96. The van der Waals surface area contributed by atoms with E-state index >= 15 is 0 Å². The first-order valence-corrected chi connectivity index (χ1v) is 4.03. The number of unbranched alkanes of at least 4 members (excludes halogenated alkanes) is 1. The van der Waals surface area contributed by atoms with Crippen molar-refractivity contribution in [2.75, 3.05) is 5.75 Å². The van der Waals surface area contributed by atoms with E-state index in [1.807, 2.05) is 0 Å². The van der Waals surface area contributed by atoms with E-state index in [4.69, 9.17) is 10.2 Å². The number of hydrogen-bond acceptors (Lipinski definition) is 3. The molecule has 0 spiro atoms. The molecule has 0 aromatic heterocycles. The van der Waals surface area contributed by atoms with E-state index in [1.54, 1.807) is 0 Å². The summed E-state index contributed by atoms with van der Waals surface area (Å²) in [5.41, 5.74) is 0. The summed E-state index contributed by atoms with van der Waals surface area (Å²) in [5, 5.41) is 17.1. The molecule has 0 heterocycles. The molecule has 0 radical (unpaired) electrons. The predicted molar refractivity (Wildman–Crippen MR) is 46.1 cm³/mol. The van der Waals surface area contributed by atoms with Gasteiger partial charge in [-0.15, -0.1) is 0 Å². The van der Waals surface area contributed by atoms with Crippen molar-refractivity contribution < 1.29 is 15.0 Å². The zero-order chi connectivity index (χ0) is 8.69. The van der Waals surface area contributed by atoms with Crippen molar-refractivity contribution in [3.8, 4) is 0 Å². The Kier molecular flexibility index (Phi) is 5.74. The number of aliphatic hydroxyl groups is 1. The highest BCUT2D eigenvalue weighted by atomic mass is 32.1. The second kappa shape index (κ2) is 6.09. The molecule has 64 valence electrons. The minimum atomic E-state index is -1.10. The first-order chi connectivity index (χ1) is 5.16. The van der Waals surface area contributed by atoms with Gasteiger partial charge in [0.15, 0.2) is 0 Å². The van der Waals surface area contributed by atoms with Gasteiger partial charge in [-0.05, 0) is 18.6 Å². The molecule has 0 unspecified atom stereocenters. The largest absolute Gasteiger partial charge is 0.512 e. The third-order valence-corrected chi connectivity index (χ3v) is 1.45. The van der Waals surface area contributed by atoms with Crippen molar-refractivity contribution in [2.45, 2.75) is 19.3 Å². The number of carbonyl (C=O) groups is 1. The van der Waals surface area contributed by atoms with E-state index in [-0.39, 0.29) is 5.76 Å². The first-order valence-electron chi connectivity index (χ1n) is 3.40. The molecule has 0 aromatic carbocycles. The van der Waals surface area contributed by atoms with Crippen LogP contribution in [0.5, 0.6) is 0 Å². The summed E-state index contributed by atoms with van der Waals surface area (Å²) in [6, 6.07) is 0. The van der Waals surface area contributed by atoms with Crippen LogP contribution in [0.3, 0.4) is 0 Å². The third-order valence-electron chi connectivity index (χ3n) is 1.13. The highest BCUT2D eigenvalue weighted by Gasteiger charge is 1.96. The van der Waals surface area contributed by atoms with Crippen LogP contribution in [-0.4, -0.2) is 21.9 Å². The quantitative estimate of drug-likeness (QED) is 0.258. The molecule has 0 amide bonds. The molecule has 0 aliphatic rings. The summed E-state index contributed by atoms with van der Waals surface area (Å²) >= 11 is 3.98. The average molecular weight is 176 g/mol. The second-order valence-corrected chi connectivity index (χ2v) is 2.60. The fourth-order valence-corrected chi connectivity index (χ4v) is 0.856. The zero-order valence-electron chi connectivity index (χ0n) is 6.16. The van der Waals surface area contributed by atoms with Crippen LogP contribution in [0, 0.1) is 0 Å². The number of aliphatic carboxylic acids is 1. The molecule has 0 bridgehead atoms. The maximum Gasteiger partial charge on any atom is 0.331 e. The highest BCUT2D eigenvalue weighted by Crippen LogP contribution is 2.04. The Morgan fingerprint density at radius 3 is 2.45 bits per heavy atom. The lowest BCUT2D eigenvalue weighted by atomic mass is 10.2. The van der Waals surface area contributed by atoms with Gasteiger partial charge in [0, 0.05) is 6.42 Å². The van der Waals surface area contributed by atoms with E-state index in [1.165, 1.54) is 0 Å². The van der Waals surface area contributed by atoms with E-state index in [0.717, 1.165) is 24.7 Å². The Bertz CT molecular complexity index is 154. The van der Waals surface area contributed by atoms with Crippen molar-refractivity contribution in [3.05, 3.63) is 11.8 Å². The van der Waals surface area contributed by atoms with Gasteiger partial charge in [0.2, 0.25) is 0 Å². The fraction of sp³-hybridized carbons (Fsp3) is 0.571. The maximum absolute atomic E-state index is 9.99. The van der Waals surface area contributed by atoms with Crippen LogP contribution in [0.1, 0.15) is 19.3 Å². The molecule has 11 heavy (non-hydrogen) atoms. The average Bonchev–Trinajstić information content (AvgIpc) is 1.86. The lowest BCUT2D eigenvalue weighted by molar-refractivity contribution is -0.131. The first kappa shape index (κ1) is 10.4. The number of hydrogen-bond donors (Lipinski definition) is 3. The van der Waals surface area contributed by atoms with Gasteiger partial charge in [0.05, 0.1) is 11.8 Å². The predicted octanol–water partition coefficient (Wildman–Crippen LogP) is 1.61. The number of carboxylic acid groups (broad SMARTS) is 1. The number of allylic oxidation sites excluding steroid dienone is 1. The van der Waals surface area contributed by atoms with Crippen LogP contribution in [0.2, 0.25) is 0 Å². The van der Waals surface area contributed by atoms with E-state index in [2.05, 4.69) is 12.6 Å². The molecule has 0 fully saturated rings. The summed E-state index contributed by atoms with van der Waals surface area (Å²) in [5.74, 6) is -0.409. The number of rotatable bonds is 5. The molecule has 0 rings (SSSR count). The molecule has 0 aliphatic heterocycles. The highest BCUT2D eigenvalue weighted by molar-refractivity contribution is 7.80. The van der Waals surface area contributed by atoms with Crippen LogP contribution in [0.25, 0.3) is 0 Å². The van der Waals surface area contributed by atoms with Gasteiger partial charge in [-0.3, -0.25) is 0 Å². The number of aliphatic hydroxyl groups excluding tert-OH is 1. The van der Waals surface area contributed by atoms with Gasteiger partial charge < -0.3 is 10.2 Å². The van der Waals surface area contributed by atoms with Crippen molar-refractivity contribution in [3.63, 3.8) is 0 Å². The molecule has 3 nitrogen and oxygen atoms in total. The van der Waals surface area contributed by atoms with Crippen molar-refractivity contribution in [1.82, 2.24) is 0 Å². The van der Waals surface area contributed by atoms with Crippen molar-refractivity contribution >= 4 is 18.6 Å². The van der Waals surface area contributed by atoms with Gasteiger partial charge in [0.25, 0.3) is 0 Å². The minimum Gasteiger partial charge on any atom is -0.512 e. The monoisotopic (exact) mass is 176 g/mol. The number of thiol groups is 1. The zero-order valence-corrected chi connectivity index (χ0v) is 7.05. The van der Waals surface area contributed by atoms with Gasteiger partial charge in [-0.1, -0.05) is 0 Å². The van der Waals surface area contributed by atoms with Gasteiger partial charge in [-0.2, -0.15) is 12.6 Å². The second-order valence-electron chi connectivity index (χ2n) is 2.15. The lowest BCUT2D eigenvalue weighted by Crippen LogP contribution is -1.92. The van der Waals surface area contributed by atoms with Gasteiger partial charge in [-0.25, -0.2) is 4.79 Å². The van der Waals surface area contributed by atoms with E-state index < -0.39 is 5.97 Å². The molecule has 0 aromatic rings. The molecule has 0 saturated carbocycles. The van der Waals surface area contributed by atoms with Crippen LogP contribution in [-0.2, 0) is 4.79 Å². The van der Waals surface area contributed by atoms with Gasteiger partial charge in [0.1, 0.15) is 0 Å². The summed E-state index contributed by atoms with van der Waals surface area (Å²) in [4.78, 5) is 9.99. The molecular weight excluding hydrogens is 164 g/mol. The summed E-state index contributed by atoms with van der Waals surface area (Å²) in [6.07, 6.45) is 2.91. The molecule has 2 N–H and O–H groups in total. The molecule has 0 saturated heterocycles. The molecular formula is C7H12O3S. The molecule has 0 aliphatic carbocycles. The van der Waals surface area contributed by atoms with Crippen LogP contribution >= 0.6 is 12.6 Å². The van der Waals surface area contributed by atoms with Crippen molar-refractivity contribution in [2.24, 2.45) is 0 Å². The Morgan fingerprint density at radius 2 is 2.00 bits per heavy atom. The Morgan fingerprint density at radius 1 is 1.36 bits per heavy atom. The normalized spacial score (nSPS) is 11.5. The third kappa shape index (κ3) is 7.25. The van der Waals surface area contributed by atoms with E-state index in [0.29, 0.717) is 6.42 Å². The van der Waals surface area contributed by atoms with Crippen LogP contribution in [0.4, 0.5) is 0 Å². The SMILES string of the molecule is O=C(O)/C=C(/O)CCCCS. The summed E-state index contributed by atoms with van der Waals surface area (Å²) < 4.78 is 0. The molecule has 0 atom stereocenters. The summed E-state index contributed by atoms with van der Waals surface area (Å²) in [7, 11) is 0. The Hall–Kier alpha value is -0.640. The van der Waals surface area contributed by atoms with Crippen LogP contribution < -0.4 is 0 Å². The summed E-state index contributed by atoms with van der Waals surface area (Å²) in [6.45, 7) is 0. The Balaban J connectivity index is 3.51. The van der Waals surface area contributed by atoms with Crippen molar-refractivity contribution in [1.29, 1.82) is 0 Å². The minimum absolute atomic E-state index is 0.0701. The van der Waals surface area contributed by atoms with Crippen LogP contribution in [0.15, 0.2) is 11.8 Å². The standard InChI is InChI=1S/C7H12O3S/c8-6(5-7(9)10)3-1-2-4-11/h5,8,11H,1-4H2,(H,9,10)/b6-5+.